The molecule has 1 rings (SSSR count). The molecule has 1 unspecified atom stereocenters. The molecule has 1 fully saturated rings. The van der Waals surface area contributed by atoms with E-state index in [4.69, 9.17) is 19.1 Å². The van der Waals surface area contributed by atoms with Crippen LogP contribution in [0.5, 0.6) is 0 Å². The first-order valence-electron chi connectivity index (χ1n) is 22.9. The summed E-state index contributed by atoms with van der Waals surface area (Å²) in [5.74, 6) is -0.746. The van der Waals surface area contributed by atoms with Crippen LogP contribution in [-0.4, -0.2) is 99.3 Å². The van der Waals surface area contributed by atoms with E-state index in [2.05, 4.69) is 25.3 Å². The minimum atomic E-state index is -4.68. The number of rotatable bonds is 38. The zero-order valence-electron chi connectivity index (χ0n) is 36.7. The van der Waals surface area contributed by atoms with Crippen molar-refractivity contribution in [1.29, 1.82) is 0 Å². The average molecular weight is 863 g/mol. The highest BCUT2D eigenvalue weighted by atomic mass is 31.2. The number of hydrogen-bond donors (Lipinski definition) is 6. The predicted molar refractivity (Wildman–Crippen MR) is 230 cm³/mol. The maximum absolute atomic E-state index is 12.7. The third kappa shape index (κ3) is 30.1. The van der Waals surface area contributed by atoms with Gasteiger partial charge in [0.25, 0.3) is 0 Å². The first-order valence-corrected chi connectivity index (χ1v) is 24.4. The number of carbonyl (C=O) groups excluding carboxylic acids is 2. The summed E-state index contributed by atoms with van der Waals surface area (Å²) in [6.07, 6.45) is 25.3. The molecule has 0 heterocycles. The van der Waals surface area contributed by atoms with Crippen LogP contribution >= 0.6 is 7.82 Å². The molecule has 1 aliphatic carbocycles. The Morgan fingerprint density at radius 2 is 1.31 bits per heavy atom. The molecule has 0 bridgehead atoms. The SMILES string of the molecule is CCCCC[C@H](O)/C=C/[C@@H]1[C@@H](C/C=C/CCCC(=O)OC[C@H](COP(=O)(O)OC[C@@H](O)CO)OC(=O)CCCCCCCCCCCCCCCC(C)C)[C@@H](O)C[C@H]1O. The topological polar surface area (TPSA) is 210 Å². The largest absolute Gasteiger partial charge is 0.472 e. The molecule has 346 valence electrons. The average Bonchev–Trinajstić information content (AvgIpc) is 3.47. The molecule has 6 N–H and O–H groups in total. The third-order valence-corrected chi connectivity index (χ3v) is 11.8. The number of carbonyl (C=O) groups is 2. The van der Waals surface area contributed by atoms with Crippen LogP contribution in [0.1, 0.15) is 175 Å². The van der Waals surface area contributed by atoms with Crippen molar-refractivity contribution in [2.24, 2.45) is 17.8 Å². The van der Waals surface area contributed by atoms with E-state index in [0.717, 1.165) is 44.4 Å². The van der Waals surface area contributed by atoms with Gasteiger partial charge in [-0.2, -0.15) is 0 Å². The fourth-order valence-corrected chi connectivity index (χ4v) is 8.02. The summed E-state index contributed by atoms with van der Waals surface area (Å²) >= 11 is 0. The van der Waals surface area contributed by atoms with Crippen LogP contribution in [0.3, 0.4) is 0 Å². The number of allylic oxidation sites excluding steroid dienone is 2. The highest BCUT2D eigenvalue weighted by Gasteiger charge is 2.39. The van der Waals surface area contributed by atoms with Crippen molar-refractivity contribution in [3.63, 3.8) is 0 Å². The minimum Gasteiger partial charge on any atom is -0.462 e. The van der Waals surface area contributed by atoms with Gasteiger partial charge in [-0.15, -0.1) is 0 Å². The second kappa shape index (κ2) is 34.9. The summed E-state index contributed by atoms with van der Waals surface area (Å²) in [6.45, 7) is 4.34. The van der Waals surface area contributed by atoms with Crippen LogP contribution < -0.4 is 0 Å². The Morgan fingerprint density at radius 3 is 1.92 bits per heavy atom. The summed E-state index contributed by atoms with van der Waals surface area (Å²) in [5.41, 5.74) is 0. The van der Waals surface area contributed by atoms with Crippen LogP contribution in [0.25, 0.3) is 0 Å². The van der Waals surface area contributed by atoms with Gasteiger partial charge in [0.05, 0.1) is 38.1 Å². The Hall–Kier alpha value is -1.67. The number of aliphatic hydroxyl groups is 5. The van der Waals surface area contributed by atoms with Crippen molar-refractivity contribution >= 4 is 19.8 Å². The van der Waals surface area contributed by atoms with Crippen LogP contribution in [0.4, 0.5) is 0 Å². The van der Waals surface area contributed by atoms with Crippen molar-refractivity contribution in [1.82, 2.24) is 0 Å². The van der Waals surface area contributed by atoms with Crippen LogP contribution in [-0.2, 0) is 32.7 Å². The van der Waals surface area contributed by atoms with Gasteiger partial charge in [-0.1, -0.05) is 148 Å². The van der Waals surface area contributed by atoms with E-state index < -0.39 is 76.7 Å². The molecular formula is C45H83O13P. The smallest absolute Gasteiger partial charge is 0.462 e. The van der Waals surface area contributed by atoms with Crippen molar-refractivity contribution in [2.75, 3.05) is 26.4 Å². The van der Waals surface area contributed by atoms with Gasteiger partial charge in [0.2, 0.25) is 0 Å². The molecule has 0 aromatic carbocycles. The van der Waals surface area contributed by atoms with Gasteiger partial charge in [0, 0.05) is 25.2 Å². The van der Waals surface area contributed by atoms with E-state index in [9.17, 15) is 39.5 Å². The molecule has 13 nitrogen and oxygen atoms in total. The first-order chi connectivity index (χ1) is 28.3. The maximum Gasteiger partial charge on any atom is 0.472 e. The summed E-state index contributed by atoms with van der Waals surface area (Å²) in [6, 6.07) is 0. The molecular weight excluding hydrogens is 779 g/mol. The van der Waals surface area contributed by atoms with E-state index in [1.54, 1.807) is 6.08 Å². The predicted octanol–water partition coefficient (Wildman–Crippen LogP) is 8.41. The third-order valence-electron chi connectivity index (χ3n) is 10.9. The molecule has 0 amide bonds. The molecule has 0 aromatic heterocycles. The van der Waals surface area contributed by atoms with Gasteiger partial charge in [-0.3, -0.25) is 18.6 Å². The Kier molecular flexibility index (Phi) is 32.7. The minimum absolute atomic E-state index is 0.0666. The van der Waals surface area contributed by atoms with Crippen molar-refractivity contribution in [3.05, 3.63) is 24.3 Å². The molecule has 14 heteroatoms. The molecule has 0 radical (unpaired) electrons. The second-order valence-electron chi connectivity index (χ2n) is 16.9. The molecule has 0 aliphatic heterocycles. The lowest BCUT2D eigenvalue weighted by molar-refractivity contribution is -0.161. The highest BCUT2D eigenvalue weighted by molar-refractivity contribution is 7.47. The molecule has 1 saturated carbocycles. The number of ether oxygens (including phenoxy) is 2. The van der Waals surface area contributed by atoms with Gasteiger partial charge in [0.1, 0.15) is 12.7 Å². The number of phosphoric acid groups is 1. The van der Waals surface area contributed by atoms with Gasteiger partial charge < -0.3 is 39.9 Å². The van der Waals surface area contributed by atoms with Gasteiger partial charge in [-0.25, -0.2) is 4.57 Å². The summed E-state index contributed by atoms with van der Waals surface area (Å²) in [4.78, 5) is 35.2. The monoisotopic (exact) mass is 863 g/mol. The van der Waals surface area contributed by atoms with E-state index in [-0.39, 0.29) is 31.1 Å². The van der Waals surface area contributed by atoms with Crippen LogP contribution in [0.15, 0.2) is 24.3 Å². The summed E-state index contributed by atoms with van der Waals surface area (Å²) in [7, 11) is -4.68. The fourth-order valence-electron chi connectivity index (χ4n) is 7.23. The lowest BCUT2D eigenvalue weighted by Crippen LogP contribution is -2.29. The second-order valence-corrected chi connectivity index (χ2v) is 18.3. The lowest BCUT2D eigenvalue weighted by Gasteiger charge is -2.20. The molecule has 0 saturated heterocycles. The van der Waals surface area contributed by atoms with E-state index in [1.807, 2.05) is 18.2 Å². The molecule has 0 aromatic rings. The van der Waals surface area contributed by atoms with Crippen molar-refractivity contribution in [2.45, 2.75) is 205 Å². The van der Waals surface area contributed by atoms with Gasteiger partial charge in [-0.05, 0) is 43.9 Å². The fraction of sp³-hybridized carbons (Fsp3) is 0.867. The van der Waals surface area contributed by atoms with Gasteiger partial charge in [0.15, 0.2) is 6.10 Å². The van der Waals surface area contributed by atoms with Crippen molar-refractivity contribution < 1.29 is 63.1 Å². The number of hydrogen-bond acceptors (Lipinski definition) is 12. The first kappa shape index (κ1) is 55.3. The summed E-state index contributed by atoms with van der Waals surface area (Å²) in [5, 5.41) is 49.7. The van der Waals surface area contributed by atoms with Gasteiger partial charge >= 0.3 is 19.8 Å². The number of phosphoric ester groups is 1. The van der Waals surface area contributed by atoms with Crippen molar-refractivity contribution in [3.8, 4) is 0 Å². The lowest BCUT2D eigenvalue weighted by atomic mass is 9.89. The van der Waals surface area contributed by atoms with Crippen LogP contribution in [0, 0.1) is 17.8 Å². The quantitative estimate of drug-likeness (QED) is 0.0149. The normalized spacial score (nSPS) is 21.0. The van der Waals surface area contributed by atoms with E-state index >= 15 is 0 Å². The zero-order chi connectivity index (χ0) is 43.7. The number of esters is 2. The highest BCUT2D eigenvalue weighted by Crippen LogP contribution is 2.43. The van der Waals surface area contributed by atoms with Crippen LogP contribution in [0.2, 0.25) is 0 Å². The van der Waals surface area contributed by atoms with E-state index in [0.29, 0.717) is 32.1 Å². The Morgan fingerprint density at radius 1 is 0.729 bits per heavy atom. The molecule has 59 heavy (non-hydrogen) atoms. The number of unbranched alkanes of at least 4 members (excludes halogenated alkanes) is 15. The molecule has 0 spiro atoms. The Labute approximate surface area is 356 Å². The summed E-state index contributed by atoms with van der Waals surface area (Å²) < 4.78 is 32.7. The zero-order valence-corrected chi connectivity index (χ0v) is 37.6. The standard InChI is InChI=1S/C45H83O13P/c1-4-5-19-25-37(47)29-30-41-40(42(49)31-43(41)50)26-21-17-18-22-27-44(51)55-34-39(35-57-59(53,54)56-33-38(48)32-46)58-45(52)28-23-16-14-12-10-8-6-7-9-11-13-15-20-24-36(2)3/h17,21,29-30,36-43,46-50H,4-16,18-20,22-28,31-35H2,1-3H3,(H,53,54)/b21-17+,30-29+/t37-,38-,39+,40+,41+,42-,43+/m0/s1. The molecule has 1 aliphatic rings. The number of aliphatic hydroxyl groups excluding tert-OH is 5. The maximum atomic E-state index is 12.7. The Bertz CT molecular complexity index is 1160. The Balaban J connectivity index is 2.44. The molecule has 8 atom stereocenters. The van der Waals surface area contributed by atoms with E-state index in [1.165, 1.54) is 64.2 Å².